The Hall–Kier alpha value is -1.86. The standard InChI is InChI=1S/C16H13ClO/c1-12-5-4-7-14(11-12)16(18)10-9-13-6-2-3-8-15(13)17/h2-11H,1H3/b10-9+. The number of halogens is 1. The van der Waals surface area contributed by atoms with Crippen LogP contribution in [-0.2, 0) is 0 Å². The van der Waals surface area contributed by atoms with Crippen LogP contribution in [-0.4, -0.2) is 5.78 Å². The quantitative estimate of drug-likeness (QED) is 0.582. The normalized spacial score (nSPS) is 10.8. The van der Waals surface area contributed by atoms with Crippen LogP contribution in [0, 0.1) is 6.92 Å². The number of ketones is 1. The van der Waals surface area contributed by atoms with Crippen LogP contribution < -0.4 is 0 Å². The highest BCUT2D eigenvalue weighted by atomic mass is 35.5. The Morgan fingerprint density at radius 1 is 1.11 bits per heavy atom. The molecular weight excluding hydrogens is 244 g/mol. The van der Waals surface area contributed by atoms with Crippen molar-refractivity contribution < 1.29 is 4.79 Å². The van der Waals surface area contributed by atoms with E-state index in [0.29, 0.717) is 10.6 Å². The van der Waals surface area contributed by atoms with Gasteiger partial charge >= 0.3 is 0 Å². The van der Waals surface area contributed by atoms with Gasteiger partial charge in [0.25, 0.3) is 0 Å². The molecule has 0 aliphatic rings. The van der Waals surface area contributed by atoms with Crippen LogP contribution in [0.1, 0.15) is 21.5 Å². The van der Waals surface area contributed by atoms with E-state index in [2.05, 4.69) is 0 Å². The highest BCUT2D eigenvalue weighted by Gasteiger charge is 2.01. The zero-order valence-electron chi connectivity index (χ0n) is 10.1. The molecule has 0 N–H and O–H groups in total. The molecule has 2 heteroatoms. The molecule has 0 heterocycles. The predicted molar refractivity (Wildman–Crippen MR) is 76.0 cm³/mol. The van der Waals surface area contributed by atoms with E-state index < -0.39 is 0 Å². The number of allylic oxidation sites excluding steroid dienone is 1. The van der Waals surface area contributed by atoms with Crippen molar-refractivity contribution in [1.82, 2.24) is 0 Å². The van der Waals surface area contributed by atoms with E-state index in [1.165, 1.54) is 0 Å². The number of hydrogen-bond donors (Lipinski definition) is 0. The summed E-state index contributed by atoms with van der Waals surface area (Å²) >= 11 is 6.02. The largest absolute Gasteiger partial charge is 0.289 e. The lowest BCUT2D eigenvalue weighted by Crippen LogP contribution is -1.94. The molecule has 0 spiro atoms. The number of aryl methyl sites for hydroxylation is 1. The number of hydrogen-bond acceptors (Lipinski definition) is 1. The summed E-state index contributed by atoms with van der Waals surface area (Å²) in [6, 6.07) is 15.0. The number of carbonyl (C=O) groups is 1. The maximum absolute atomic E-state index is 12.0. The first kappa shape index (κ1) is 12.6. The summed E-state index contributed by atoms with van der Waals surface area (Å²) in [6.07, 6.45) is 3.29. The summed E-state index contributed by atoms with van der Waals surface area (Å²) in [4.78, 5) is 12.0. The zero-order valence-corrected chi connectivity index (χ0v) is 10.8. The summed E-state index contributed by atoms with van der Waals surface area (Å²) in [6.45, 7) is 1.97. The van der Waals surface area contributed by atoms with E-state index in [4.69, 9.17) is 11.6 Å². The zero-order chi connectivity index (χ0) is 13.0. The minimum absolute atomic E-state index is 0.0152. The predicted octanol–water partition coefficient (Wildman–Crippen LogP) is 4.54. The van der Waals surface area contributed by atoms with Gasteiger partial charge in [0.2, 0.25) is 0 Å². The van der Waals surface area contributed by atoms with Gasteiger partial charge in [-0.1, -0.05) is 53.6 Å². The van der Waals surface area contributed by atoms with Gasteiger partial charge in [-0.05, 0) is 36.8 Å². The van der Waals surface area contributed by atoms with E-state index >= 15 is 0 Å². The Balaban J connectivity index is 2.20. The summed E-state index contributed by atoms with van der Waals surface area (Å²) in [5.74, 6) is -0.0152. The fourth-order valence-electron chi connectivity index (χ4n) is 1.67. The second kappa shape index (κ2) is 5.65. The van der Waals surface area contributed by atoms with Crippen molar-refractivity contribution in [3.05, 3.63) is 76.3 Å². The molecule has 2 aromatic rings. The van der Waals surface area contributed by atoms with Gasteiger partial charge in [0, 0.05) is 10.6 Å². The van der Waals surface area contributed by atoms with Gasteiger partial charge < -0.3 is 0 Å². The summed E-state index contributed by atoms with van der Waals surface area (Å²) in [5, 5.41) is 0.644. The van der Waals surface area contributed by atoms with E-state index in [1.54, 1.807) is 18.2 Å². The van der Waals surface area contributed by atoms with Crippen molar-refractivity contribution in [2.75, 3.05) is 0 Å². The molecule has 0 aromatic heterocycles. The molecule has 0 amide bonds. The number of carbonyl (C=O) groups excluding carboxylic acids is 1. The number of rotatable bonds is 3. The van der Waals surface area contributed by atoms with Crippen molar-refractivity contribution in [1.29, 1.82) is 0 Å². The van der Waals surface area contributed by atoms with E-state index in [0.717, 1.165) is 11.1 Å². The average molecular weight is 257 g/mol. The van der Waals surface area contributed by atoms with Gasteiger partial charge in [-0.15, -0.1) is 0 Å². The Labute approximate surface area is 112 Å². The fourth-order valence-corrected chi connectivity index (χ4v) is 1.87. The van der Waals surface area contributed by atoms with Gasteiger partial charge in [0.15, 0.2) is 5.78 Å². The van der Waals surface area contributed by atoms with Crippen LogP contribution in [0.4, 0.5) is 0 Å². The Bertz CT molecular complexity index is 600. The maximum atomic E-state index is 12.0. The molecule has 0 aliphatic heterocycles. The molecule has 0 saturated carbocycles. The van der Waals surface area contributed by atoms with Crippen molar-refractivity contribution >= 4 is 23.5 Å². The molecule has 1 nitrogen and oxygen atoms in total. The highest BCUT2D eigenvalue weighted by Crippen LogP contribution is 2.16. The van der Waals surface area contributed by atoms with E-state index in [-0.39, 0.29) is 5.78 Å². The lowest BCUT2D eigenvalue weighted by molar-refractivity contribution is 0.104. The lowest BCUT2D eigenvalue weighted by Gasteiger charge is -1.98. The monoisotopic (exact) mass is 256 g/mol. The SMILES string of the molecule is Cc1cccc(C(=O)/C=C/c2ccccc2Cl)c1. The van der Waals surface area contributed by atoms with Gasteiger partial charge in [0.05, 0.1) is 0 Å². The molecule has 2 aromatic carbocycles. The van der Waals surface area contributed by atoms with Gasteiger partial charge in [0.1, 0.15) is 0 Å². The van der Waals surface area contributed by atoms with Crippen LogP contribution in [0.25, 0.3) is 6.08 Å². The topological polar surface area (TPSA) is 17.1 Å². The molecule has 2 rings (SSSR count). The van der Waals surface area contributed by atoms with Crippen LogP contribution in [0.3, 0.4) is 0 Å². The summed E-state index contributed by atoms with van der Waals surface area (Å²) in [5.41, 5.74) is 2.62. The Morgan fingerprint density at radius 3 is 2.61 bits per heavy atom. The summed E-state index contributed by atoms with van der Waals surface area (Å²) < 4.78 is 0. The minimum atomic E-state index is -0.0152. The molecule has 0 atom stereocenters. The van der Waals surface area contributed by atoms with Crippen molar-refractivity contribution in [3.63, 3.8) is 0 Å². The third-order valence-electron chi connectivity index (χ3n) is 2.62. The molecule has 0 fully saturated rings. The Morgan fingerprint density at radius 2 is 1.89 bits per heavy atom. The Kier molecular flexibility index (Phi) is 3.96. The van der Waals surface area contributed by atoms with Crippen LogP contribution in [0.15, 0.2) is 54.6 Å². The molecular formula is C16H13ClO. The second-order valence-electron chi connectivity index (χ2n) is 4.09. The van der Waals surface area contributed by atoms with Gasteiger partial charge in [-0.3, -0.25) is 4.79 Å². The third kappa shape index (κ3) is 3.08. The van der Waals surface area contributed by atoms with E-state index in [1.807, 2.05) is 49.4 Å². The molecule has 90 valence electrons. The van der Waals surface area contributed by atoms with Crippen molar-refractivity contribution in [2.24, 2.45) is 0 Å². The van der Waals surface area contributed by atoms with Crippen molar-refractivity contribution in [3.8, 4) is 0 Å². The smallest absolute Gasteiger partial charge is 0.185 e. The molecule has 0 aliphatic carbocycles. The fraction of sp³-hybridized carbons (Fsp3) is 0.0625. The van der Waals surface area contributed by atoms with Crippen LogP contribution >= 0.6 is 11.6 Å². The first-order valence-corrected chi connectivity index (χ1v) is 6.08. The summed E-state index contributed by atoms with van der Waals surface area (Å²) in [7, 11) is 0. The third-order valence-corrected chi connectivity index (χ3v) is 2.97. The van der Waals surface area contributed by atoms with Crippen LogP contribution in [0.5, 0.6) is 0 Å². The van der Waals surface area contributed by atoms with Gasteiger partial charge in [-0.2, -0.15) is 0 Å². The molecule has 0 unspecified atom stereocenters. The molecule has 0 bridgehead atoms. The lowest BCUT2D eigenvalue weighted by atomic mass is 10.1. The highest BCUT2D eigenvalue weighted by molar-refractivity contribution is 6.32. The van der Waals surface area contributed by atoms with E-state index in [9.17, 15) is 4.79 Å². The first-order valence-electron chi connectivity index (χ1n) is 5.70. The maximum Gasteiger partial charge on any atom is 0.185 e. The molecule has 0 saturated heterocycles. The average Bonchev–Trinajstić information content (AvgIpc) is 2.37. The van der Waals surface area contributed by atoms with Crippen LogP contribution in [0.2, 0.25) is 5.02 Å². The second-order valence-corrected chi connectivity index (χ2v) is 4.50. The molecule has 18 heavy (non-hydrogen) atoms. The van der Waals surface area contributed by atoms with Gasteiger partial charge in [-0.25, -0.2) is 0 Å². The van der Waals surface area contributed by atoms with Crippen molar-refractivity contribution in [2.45, 2.75) is 6.92 Å². The minimum Gasteiger partial charge on any atom is -0.289 e. The molecule has 0 radical (unpaired) electrons. The number of benzene rings is 2. The first-order chi connectivity index (χ1) is 8.66.